The van der Waals surface area contributed by atoms with E-state index in [0.717, 1.165) is 40.3 Å². The van der Waals surface area contributed by atoms with Crippen LogP contribution in [0.15, 0.2) is 54.6 Å². The van der Waals surface area contributed by atoms with Crippen molar-refractivity contribution in [2.75, 3.05) is 6.61 Å². The zero-order valence-corrected chi connectivity index (χ0v) is 16.7. The molecule has 1 fully saturated rings. The third-order valence-electron chi connectivity index (χ3n) is 4.57. The molecule has 1 unspecified atom stereocenters. The van der Waals surface area contributed by atoms with Crippen molar-refractivity contribution in [3.63, 3.8) is 0 Å². The van der Waals surface area contributed by atoms with Gasteiger partial charge in [0.15, 0.2) is 11.6 Å². The van der Waals surface area contributed by atoms with Crippen molar-refractivity contribution in [2.45, 2.75) is 18.9 Å². The maximum Gasteiger partial charge on any atom is 0.287 e. The number of hydrogen-bond acceptors (Lipinski definition) is 6. The Kier molecular flexibility index (Phi) is 5.62. The molecule has 0 bridgehead atoms. The van der Waals surface area contributed by atoms with E-state index in [1.165, 1.54) is 0 Å². The van der Waals surface area contributed by atoms with Crippen LogP contribution < -0.4 is 10.1 Å². The molecular weight excluding hydrogens is 388 g/mol. The smallest absolute Gasteiger partial charge is 0.287 e. The number of carbonyl (C=O) groups excluding carboxylic acids is 2. The van der Waals surface area contributed by atoms with Crippen LogP contribution in [0.3, 0.4) is 0 Å². The van der Waals surface area contributed by atoms with Crippen molar-refractivity contribution < 1.29 is 14.3 Å². The predicted molar refractivity (Wildman–Crippen MR) is 111 cm³/mol. The van der Waals surface area contributed by atoms with Gasteiger partial charge in [-0.25, -0.2) is 9.67 Å². The Morgan fingerprint density at radius 2 is 1.86 bits per heavy atom. The molecule has 2 heterocycles. The standard InChI is InChI=1S/C21H20N4O3S/c1-25-19(15-5-3-2-4-6-15)23-18(24-25)11-12-28-16-9-7-14(8-10-16)13-17-20(26)29-21(27)22-17/h2-10,17H,11-13H2,1H3,(H,22,27). The van der Waals surface area contributed by atoms with Crippen molar-refractivity contribution in [2.24, 2.45) is 7.05 Å². The third kappa shape index (κ3) is 4.65. The molecule has 1 saturated heterocycles. The Balaban J connectivity index is 1.30. The Hall–Kier alpha value is -3.13. The first-order valence-electron chi connectivity index (χ1n) is 9.28. The molecule has 4 rings (SSSR count). The van der Waals surface area contributed by atoms with E-state index in [2.05, 4.69) is 15.4 Å². The summed E-state index contributed by atoms with van der Waals surface area (Å²) in [5.41, 5.74) is 2.00. The number of hydrogen-bond donors (Lipinski definition) is 1. The number of rotatable bonds is 7. The fraction of sp³-hybridized carbons (Fsp3) is 0.238. The number of aryl methyl sites for hydroxylation is 1. The molecule has 1 amide bonds. The van der Waals surface area contributed by atoms with Gasteiger partial charge in [-0.3, -0.25) is 9.59 Å². The van der Waals surface area contributed by atoms with Gasteiger partial charge in [0.2, 0.25) is 5.12 Å². The van der Waals surface area contributed by atoms with E-state index in [9.17, 15) is 9.59 Å². The summed E-state index contributed by atoms with van der Waals surface area (Å²) in [5.74, 6) is 2.30. The fourth-order valence-corrected chi connectivity index (χ4v) is 3.80. The summed E-state index contributed by atoms with van der Waals surface area (Å²) in [6.45, 7) is 0.464. The van der Waals surface area contributed by atoms with Crippen LogP contribution in [0, 0.1) is 0 Å². The summed E-state index contributed by atoms with van der Waals surface area (Å²) in [5, 5.41) is 6.71. The lowest BCUT2D eigenvalue weighted by molar-refractivity contribution is -0.112. The van der Waals surface area contributed by atoms with Crippen molar-refractivity contribution in [3.8, 4) is 17.1 Å². The van der Waals surface area contributed by atoms with E-state index >= 15 is 0 Å². The lowest BCUT2D eigenvalue weighted by Crippen LogP contribution is -2.30. The second-order valence-corrected chi connectivity index (χ2v) is 7.67. The number of amides is 1. The average molecular weight is 408 g/mol. The van der Waals surface area contributed by atoms with Gasteiger partial charge in [0, 0.05) is 37.2 Å². The minimum absolute atomic E-state index is 0.131. The predicted octanol–water partition coefficient (Wildman–Crippen LogP) is 3.00. The molecule has 8 heteroatoms. The van der Waals surface area contributed by atoms with Crippen LogP contribution in [0.1, 0.15) is 11.4 Å². The number of benzene rings is 2. The normalized spacial score (nSPS) is 16.1. The maximum absolute atomic E-state index is 11.7. The minimum atomic E-state index is -0.451. The number of ether oxygens (including phenoxy) is 1. The molecule has 3 aromatic rings. The first-order valence-corrected chi connectivity index (χ1v) is 10.1. The van der Waals surface area contributed by atoms with Crippen LogP contribution in [0.4, 0.5) is 4.79 Å². The SMILES string of the molecule is Cn1nc(CCOc2ccc(CC3NC(=O)SC3=O)cc2)nc1-c1ccccc1. The summed E-state index contributed by atoms with van der Waals surface area (Å²) in [4.78, 5) is 27.5. The van der Waals surface area contributed by atoms with Crippen molar-refractivity contribution in [1.82, 2.24) is 20.1 Å². The van der Waals surface area contributed by atoms with Gasteiger partial charge < -0.3 is 10.1 Å². The molecule has 0 radical (unpaired) electrons. The zero-order valence-electron chi connectivity index (χ0n) is 15.9. The molecule has 7 nitrogen and oxygen atoms in total. The van der Waals surface area contributed by atoms with Crippen molar-refractivity contribution in [3.05, 3.63) is 66.0 Å². The zero-order chi connectivity index (χ0) is 20.2. The fourth-order valence-electron chi connectivity index (χ4n) is 3.13. The lowest BCUT2D eigenvalue weighted by Gasteiger charge is -2.09. The molecule has 29 heavy (non-hydrogen) atoms. The second kappa shape index (κ2) is 8.48. The highest BCUT2D eigenvalue weighted by Gasteiger charge is 2.31. The molecule has 1 aromatic heterocycles. The summed E-state index contributed by atoms with van der Waals surface area (Å²) < 4.78 is 7.58. The molecule has 1 N–H and O–H groups in total. The first-order chi connectivity index (χ1) is 14.1. The number of nitrogens with one attached hydrogen (secondary N) is 1. The maximum atomic E-state index is 11.7. The van der Waals surface area contributed by atoms with E-state index in [-0.39, 0.29) is 10.4 Å². The Labute approximate surface area is 172 Å². The molecule has 1 atom stereocenters. The van der Waals surface area contributed by atoms with Crippen LogP contribution >= 0.6 is 11.8 Å². The molecule has 1 aliphatic heterocycles. The molecule has 148 valence electrons. The molecular formula is C21H20N4O3S. The minimum Gasteiger partial charge on any atom is -0.493 e. The van der Waals surface area contributed by atoms with E-state index in [1.807, 2.05) is 61.6 Å². The Morgan fingerprint density at radius 3 is 2.55 bits per heavy atom. The second-order valence-electron chi connectivity index (χ2n) is 6.69. The number of thioether (sulfide) groups is 1. The molecule has 0 spiro atoms. The van der Waals surface area contributed by atoms with Crippen LogP contribution in [0.5, 0.6) is 5.75 Å². The van der Waals surface area contributed by atoms with Gasteiger partial charge in [0.25, 0.3) is 5.24 Å². The van der Waals surface area contributed by atoms with Crippen molar-refractivity contribution >= 4 is 22.1 Å². The van der Waals surface area contributed by atoms with Gasteiger partial charge in [-0.05, 0) is 17.7 Å². The van der Waals surface area contributed by atoms with Crippen LogP contribution in [0.2, 0.25) is 0 Å². The van der Waals surface area contributed by atoms with Gasteiger partial charge >= 0.3 is 0 Å². The monoisotopic (exact) mass is 408 g/mol. The Morgan fingerprint density at radius 1 is 1.10 bits per heavy atom. The third-order valence-corrected chi connectivity index (χ3v) is 5.36. The largest absolute Gasteiger partial charge is 0.493 e. The van der Waals surface area contributed by atoms with Crippen LogP contribution in [-0.4, -0.2) is 37.8 Å². The average Bonchev–Trinajstić information content (AvgIpc) is 3.25. The van der Waals surface area contributed by atoms with E-state index < -0.39 is 6.04 Å². The van der Waals surface area contributed by atoms with E-state index in [1.54, 1.807) is 4.68 Å². The summed E-state index contributed by atoms with van der Waals surface area (Å²) >= 11 is 0.734. The number of aromatic nitrogens is 3. The molecule has 1 aliphatic rings. The highest BCUT2D eigenvalue weighted by atomic mass is 32.2. The summed E-state index contributed by atoms with van der Waals surface area (Å²) in [6.07, 6.45) is 1.08. The highest BCUT2D eigenvalue weighted by Crippen LogP contribution is 2.21. The van der Waals surface area contributed by atoms with Crippen LogP contribution in [-0.2, 0) is 24.7 Å². The highest BCUT2D eigenvalue weighted by molar-refractivity contribution is 8.26. The van der Waals surface area contributed by atoms with Gasteiger partial charge in [-0.2, -0.15) is 5.10 Å². The molecule has 2 aromatic carbocycles. The number of nitrogens with zero attached hydrogens (tertiary/aromatic N) is 3. The van der Waals surface area contributed by atoms with Gasteiger partial charge in [0.05, 0.1) is 6.61 Å². The number of carbonyl (C=O) groups is 2. The van der Waals surface area contributed by atoms with Crippen LogP contribution in [0.25, 0.3) is 11.4 Å². The lowest BCUT2D eigenvalue weighted by atomic mass is 10.1. The molecule has 0 aliphatic carbocycles. The Bertz CT molecular complexity index is 1020. The first kappa shape index (κ1) is 19.2. The van der Waals surface area contributed by atoms with E-state index in [0.29, 0.717) is 19.4 Å². The topological polar surface area (TPSA) is 86.1 Å². The van der Waals surface area contributed by atoms with E-state index in [4.69, 9.17) is 4.74 Å². The quantitative estimate of drug-likeness (QED) is 0.647. The van der Waals surface area contributed by atoms with Gasteiger partial charge in [-0.15, -0.1) is 0 Å². The van der Waals surface area contributed by atoms with Crippen molar-refractivity contribution in [1.29, 1.82) is 0 Å². The summed E-state index contributed by atoms with van der Waals surface area (Å²) in [7, 11) is 1.88. The van der Waals surface area contributed by atoms with Gasteiger partial charge in [-0.1, -0.05) is 42.5 Å². The van der Waals surface area contributed by atoms with Gasteiger partial charge in [0.1, 0.15) is 11.8 Å². The summed E-state index contributed by atoms with van der Waals surface area (Å²) in [6, 6.07) is 17.0. The molecule has 0 saturated carbocycles.